The summed E-state index contributed by atoms with van der Waals surface area (Å²) in [5.74, 6) is 0.505. The number of methoxy groups -OCH3 is 2. The van der Waals surface area contributed by atoms with Crippen LogP contribution in [-0.2, 0) is 9.59 Å². The summed E-state index contributed by atoms with van der Waals surface area (Å²) in [7, 11) is 3.06. The standard InChI is InChI=1S/C14H18N2O4/c1-19-11-6-5-10(7-12(11)20-2)16-14(18)8-13(17)15-9-3-4-9/h5-7,9H,3-4,8H2,1-2H3,(H,15,17)(H,16,18). The van der Waals surface area contributed by atoms with E-state index in [-0.39, 0.29) is 24.3 Å². The van der Waals surface area contributed by atoms with E-state index >= 15 is 0 Å². The fourth-order valence-electron chi connectivity index (χ4n) is 1.77. The van der Waals surface area contributed by atoms with E-state index in [1.165, 1.54) is 7.11 Å². The number of ether oxygens (including phenoxy) is 2. The molecule has 2 N–H and O–H groups in total. The van der Waals surface area contributed by atoms with E-state index in [9.17, 15) is 9.59 Å². The highest BCUT2D eigenvalue weighted by atomic mass is 16.5. The van der Waals surface area contributed by atoms with Crippen molar-refractivity contribution in [1.82, 2.24) is 5.32 Å². The number of benzene rings is 1. The van der Waals surface area contributed by atoms with Gasteiger partial charge in [-0.1, -0.05) is 0 Å². The van der Waals surface area contributed by atoms with E-state index in [4.69, 9.17) is 9.47 Å². The second kappa shape index (κ2) is 6.27. The Morgan fingerprint density at radius 2 is 1.85 bits per heavy atom. The third-order valence-corrected chi connectivity index (χ3v) is 2.93. The van der Waals surface area contributed by atoms with E-state index in [2.05, 4.69) is 10.6 Å². The van der Waals surface area contributed by atoms with Gasteiger partial charge in [0.25, 0.3) is 0 Å². The summed E-state index contributed by atoms with van der Waals surface area (Å²) in [5.41, 5.74) is 0.562. The van der Waals surface area contributed by atoms with Crippen molar-refractivity contribution < 1.29 is 19.1 Å². The minimum absolute atomic E-state index is 0.176. The highest BCUT2D eigenvalue weighted by molar-refractivity contribution is 6.03. The second-order valence-electron chi connectivity index (χ2n) is 4.64. The zero-order valence-corrected chi connectivity index (χ0v) is 11.6. The van der Waals surface area contributed by atoms with Crippen LogP contribution in [0.15, 0.2) is 18.2 Å². The average Bonchev–Trinajstić information content (AvgIpc) is 3.22. The Kier molecular flexibility index (Phi) is 4.45. The van der Waals surface area contributed by atoms with Gasteiger partial charge in [0.1, 0.15) is 6.42 Å². The molecule has 0 bridgehead atoms. The van der Waals surface area contributed by atoms with Crippen molar-refractivity contribution in [2.45, 2.75) is 25.3 Å². The van der Waals surface area contributed by atoms with Crippen LogP contribution in [0, 0.1) is 0 Å². The maximum absolute atomic E-state index is 11.7. The van der Waals surface area contributed by atoms with Crippen molar-refractivity contribution in [2.75, 3.05) is 19.5 Å². The third kappa shape index (κ3) is 3.88. The molecule has 1 aromatic rings. The van der Waals surface area contributed by atoms with Gasteiger partial charge in [-0.3, -0.25) is 9.59 Å². The van der Waals surface area contributed by atoms with Crippen LogP contribution in [0.2, 0.25) is 0 Å². The summed E-state index contributed by atoms with van der Waals surface area (Å²) in [6, 6.07) is 5.29. The van der Waals surface area contributed by atoms with Crippen LogP contribution < -0.4 is 20.1 Å². The Morgan fingerprint density at radius 3 is 2.45 bits per heavy atom. The summed E-state index contributed by atoms with van der Waals surface area (Å²) in [6.07, 6.45) is 1.83. The van der Waals surface area contributed by atoms with Gasteiger partial charge in [-0.15, -0.1) is 0 Å². The number of carbonyl (C=O) groups excluding carboxylic acids is 2. The maximum atomic E-state index is 11.7. The van der Waals surface area contributed by atoms with Crippen molar-refractivity contribution in [2.24, 2.45) is 0 Å². The first-order valence-electron chi connectivity index (χ1n) is 6.43. The predicted octanol–water partition coefficient (Wildman–Crippen LogP) is 1.31. The minimum Gasteiger partial charge on any atom is -0.493 e. The van der Waals surface area contributed by atoms with Gasteiger partial charge in [0.15, 0.2) is 11.5 Å². The van der Waals surface area contributed by atoms with E-state index in [0.29, 0.717) is 17.2 Å². The van der Waals surface area contributed by atoms with Gasteiger partial charge in [0, 0.05) is 17.8 Å². The molecule has 1 fully saturated rings. The molecule has 0 heterocycles. The summed E-state index contributed by atoms with van der Waals surface area (Å²) in [5, 5.41) is 5.42. The van der Waals surface area contributed by atoms with Gasteiger partial charge in [-0.2, -0.15) is 0 Å². The molecule has 2 rings (SSSR count). The molecule has 6 heteroatoms. The van der Waals surface area contributed by atoms with Crippen LogP contribution >= 0.6 is 0 Å². The lowest BCUT2D eigenvalue weighted by Gasteiger charge is -2.10. The van der Waals surface area contributed by atoms with Gasteiger partial charge < -0.3 is 20.1 Å². The lowest BCUT2D eigenvalue weighted by molar-refractivity contribution is -0.126. The number of hydrogen-bond donors (Lipinski definition) is 2. The molecule has 0 aromatic heterocycles. The van der Waals surface area contributed by atoms with Crippen LogP contribution in [0.25, 0.3) is 0 Å². The number of carbonyl (C=O) groups is 2. The largest absolute Gasteiger partial charge is 0.493 e. The second-order valence-corrected chi connectivity index (χ2v) is 4.64. The minimum atomic E-state index is -0.352. The number of anilines is 1. The van der Waals surface area contributed by atoms with Crippen molar-refractivity contribution in [1.29, 1.82) is 0 Å². The van der Waals surface area contributed by atoms with Crippen LogP contribution in [0.5, 0.6) is 11.5 Å². The van der Waals surface area contributed by atoms with E-state index in [1.54, 1.807) is 25.3 Å². The first kappa shape index (κ1) is 14.2. The van der Waals surface area contributed by atoms with E-state index in [1.807, 2.05) is 0 Å². The predicted molar refractivity (Wildman–Crippen MR) is 74.0 cm³/mol. The Morgan fingerprint density at radius 1 is 1.15 bits per heavy atom. The molecule has 0 radical (unpaired) electrons. The zero-order chi connectivity index (χ0) is 14.5. The lowest BCUT2D eigenvalue weighted by atomic mass is 10.2. The number of rotatable bonds is 6. The molecule has 1 saturated carbocycles. The molecule has 0 spiro atoms. The average molecular weight is 278 g/mol. The highest BCUT2D eigenvalue weighted by Gasteiger charge is 2.24. The Labute approximate surface area is 117 Å². The fourth-order valence-corrected chi connectivity index (χ4v) is 1.77. The third-order valence-electron chi connectivity index (χ3n) is 2.93. The molecular formula is C14H18N2O4. The monoisotopic (exact) mass is 278 g/mol. The highest BCUT2D eigenvalue weighted by Crippen LogP contribution is 2.29. The summed E-state index contributed by atoms with van der Waals surface area (Å²) >= 11 is 0. The van der Waals surface area contributed by atoms with Gasteiger partial charge in [-0.05, 0) is 25.0 Å². The zero-order valence-electron chi connectivity index (χ0n) is 11.6. The van der Waals surface area contributed by atoms with Crippen LogP contribution in [-0.4, -0.2) is 32.1 Å². The van der Waals surface area contributed by atoms with Gasteiger partial charge in [0.05, 0.1) is 14.2 Å². The molecule has 6 nitrogen and oxygen atoms in total. The molecule has 20 heavy (non-hydrogen) atoms. The molecule has 1 aromatic carbocycles. The molecule has 2 amide bonds. The molecule has 108 valence electrons. The van der Waals surface area contributed by atoms with E-state index < -0.39 is 0 Å². The summed E-state index contributed by atoms with van der Waals surface area (Å²) in [4.78, 5) is 23.2. The van der Waals surface area contributed by atoms with Crippen molar-refractivity contribution in [3.8, 4) is 11.5 Å². The lowest BCUT2D eigenvalue weighted by Crippen LogP contribution is -2.29. The quantitative estimate of drug-likeness (QED) is 0.769. The number of hydrogen-bond acceptors (Lipinski definition) is 4. The first-order chi connectivity index (χ1) is 9.62. The Balaban J connectivity index is 1.91. The van der Waals surface area contributed by atoms with Gasteiger partial charge in [-0.25, -0.2) is 0 Å². The molecule has 0 aliphatic heterocycles. The molecule has 0 atom stereocenters. The molecule has 1 aliphatic rings. The Hall–Kier alpha value is -2.24. The van der Waals surface area contributed by atoms with Crippen LogP contribution in [0.4, 0.5) is 5.69 Å². The Bertz CT molecular complexity index is 512. The summed E-state index contributed by atoms with van der Waals surface area (Å²) < 4.78 is 10.3. The maximum Gasteiger partial charge on any atom is 0.233 e. The molecule has 0 saturated heterocycles. The topological polar surface area (TPSA) is 76.7 Å². The van der Waals surface area contributed by atoms with Gasteiger partial charge >= 0.3 is 0 Å². The SMILES string of the molecule is COc1ccc(NC(=O)CC(=O)NC2CC2)cc1OC. The smallest absolute Gasteiger partial charge is 0.233 e. The van der Waals surface area contributed by atoms with Crippen LogP contribution in [0.1, 0.15) is 19.3 Å². The molecule has 1 aliphatic carbocycles. The first-order valence-corrected chi connectivity index (χ1v) is 6.43. The number of nitrogens with one attached hydrogen (secondary N) is 2. The normalized spacial score (nSPS) is 13.5. The van der Waals surface area contributed by atoms with Crippen molar-refractivity contribution in [3.05, 3.63) is 18.2 Å². The summed E-state index contributed by atoms with van der Waals surface area (Å²) in [6.45, 7) is 0. The van der Waals surface area contributed by atoms with Crippen molar-refractivity contribution in [3.63, 3.8) is 0 Å². The number of amides is 2. The van der Waals surface area contributed by atoms with Crippen molar-refractivity contribution >= 4 is 17.5 Å². The fraction of sp³-hybridized carbons (Fsp3) is 0.429. The molecular weight excluding hydrogens is 260 g/mol. The van der Waals surface area contributed by atoms with Gasteiger partial charge in [0.2, 0.25) is 11.8 Å². The van der Waals surface area contributed by atoms with E-state index in [0.717, 1.165) is 12.8 Å². The van der Waals surface area contributed by atoms with Crippen LogP contribution in [0.3, 0.4) is 0 Å². The molecule has 0 unspecified atom stereocenters.